The first kappa shape index (κ1) is 14.5. The van der Waals surface area contributed by atoms with E-state index in [1.54, 1.807) is 6.33 Å². The first-order valence-electron chi connectivity index (χ1n) is 8.02. The van der Waals surface area contributed by atoms with Crippen molar-refractivity contribution in [3.05, 3.63) is 12.7 Å². The highest BCUT2D eigenvalue weighted by Gasteiger charge is 2.73. The maximum atomic E-state index is 9.57. The maximum Gasteiger partial charge on any atom is 0.167 e. The molecule has 1 aliphatic carbocycles. The van der Waals surface area contributed by atoms with Gasteiger partial charge in [0.1, 0.15) is 29.7 Å². The van der Waals surface area contributed by atoms with E-state index in [0.29, 0.717) is 17.0 Å². The fourth-order valence-corrected chi connectivity index (χ4v) is 4.04. The minimum absolute atomic E-state index is 0.0574. The molecule has 1 spiro atoms. The molecule has 9 nitrogen and oxygen atoms in total. The standard InChI is InChI=1S/C15H19N5O4/c1-14(2)22-9-10(23-14)15(3-7(15)4-21)24-13(9)20-6-19-8-11(16)17-5-18-12(8)20/h5-7,9-10,13,21H,3-4H2,1-2H3,(H2,16,17,18)/t7?,9?,10?,13?,15-/m0/s1. The Kier molecular flexibility index (Phi) is 2.68. The Morgan fingerprint density at radius 2 is 2.12 bits per heavy atom. The fraction of sp³-hybridized carbons (Fsp3) is 0.667. The van der Waals surface area contributed by atoms with Crippen molar-refractivity contribution in [1.29, 1.82) is 0 Å². The van der Waals surface area contributed by atoms with Gasteiger partial charge in [-0.05, 0) is 20.3 Å². The summed E-state index contributed by atoms with van der Waals surface area (Å²) in [6.07, 6.45) is 2.83. The number of imidazole rings is 1. The number of ether oxygens (including phenoxy) is 3. The highest BCUT2D eigenvalue weighted by Crippen LogP contribution is 2.62. The third-order valence-corrected chi connectivity index (χ3v) is 5.21. The van der Waals surface area contributed by atoms with Crippen LogP contribution in [0.5, 0.6) is 0 Å². The highest BCUT2D eigenvalue weighted by molar-refractivity contribution is 5.81. The molecule has 2 aromatic rings. The van der Waals surface area contributed by atoms with Crippen molar-refractivity contribution >= 4 is 17.0 Å². The number of hydrogen-bond acceptors (Lipinski definition) is 8. The van der Waals surface area contributed by atoms with Gasteiger partial charge in [-0.25, -0.2) is 15.0 Å². The topological polar surface area (TPSA) is 118 Å². The van der Waals surface area contributed by atoms with Gasteiger partial charge in [-0.15, -0.1) is 0 Å². The molecule has 5 rings (SSSR count). The Hall–Kier alpha value is -1.81. The lowest BCUT2D eigenvalue weighted by Crippen LogP contribution is -2.33. The summed E-state index contributed by atoms with van der Waals surface area (Å²) in [5.41, 5.74) is 6.49. The molecule has 3 fully saturated rings. The van der Waals surface area contributed by atoms with Gasteiger partial charge < -0.3 is 25.1 Å². The number of aromatic nitrogens is 4. The number of hydrogen-bond donors (Lipinski definition) is 2. The van der Waals surface area contributed by atoms with E-state index in [1.807, 2.05) is 18.4 Å². The molecule has 2 saturated heterocycles. The van der Waals surface area contributed by atoms with Crippen LogP contribution < -0.4 is 5.73 Å². The molecule has 3 aliphatic rings. The van der Waals surface area contributed by atoms with Gasteiger partial charge in [0.15, 0.2) is 23.5 Å². The quantitative estimate of drug-likeness (QED) is 0.801. The highest BCUT2D eigenvalue weighted by atomic mass is 16.8. The lowest BCUT2D eigenvalue weighted by Gasteiger charge is -2.25. The summed E-state index contributed by atoms with van der Waals surface area (Å²) >= 11 is 0. The van der Waals surface area contributed by atoms with E-state index in [4.69, 9.17) is 19.9 Å². The van der Waals surface area contributed by atoms with Gasteiger partial charge >= 0.3 is 0 Å². The van der Waals surface area contributed by atoms with Crippen LogP contribution in [0.4, 0.5) is 5.82 Å². The molecule has 9 heteroatoms. The maximum absolute atomic E-state index is 9.57. The average Bonchev–Trinajstić information content (AvgIpc) is 2.78. The summed E-state index contributed by atoms with van der Waals surface area (Å²) in [5, 5.41) is 9.57. The van der Waals surface area contributed by atoms with Gasteiger partial charge in [-0.2, -0.15) is 0 Å². The van der Waals surface area contributed by atoms with Crippen LogP contribution in [-0.2, 0) is 14.2 Å². The fourth-order valence-electron chi connectivity index (χ4n) is 4.04. The second-order valence-corrected chi connectivity index (χ2v) is 7.15. The van der Waals surface area contributed by atoms with Crippen LogP contribution in [0.15, 0.2) is 12.7 Å². The van der Waals surface area contributed by atoms with E-state index in [2.05, 4.69) is 15.0 Å². The summed E-state index contributed by atoms with van der Waals surface area (Å²) in [6.45, 7) is 3.84. The smallest absolute Gasteiger partial charge is 0.167 e. The van der Waals surface area contributed by atoms with Crippen LogP contribution in [0.1, 0.15) is 26.5 Å². The van der Waals surface area contributed by atoms with Crippen LogP contribution in [0.3, 0.4) is 0 Å². The molecule has 24 heavy (non-hydrogen) atoms. The van der Waals surface area contributed by atoms with Crippen molar-refractivity contribution in [1.82, 2.24) is 19.5 Å². The van der Waals surface area contributed by atoms with Crippen molar-refractivity contribution in [2.45, 2.75) is 50.1 Å². The molecule has 128 valence electrons. The monoisotopic (exact) mass is 333 g/mol. The van der Waals surface area contributed by atoms with Crippen molar-refractivity contribution in [2.24, 2.45) is 5.92 Å². The Morgan fingerprint density at radius 3 is 2.88 bits per heavy atom. The van der Waals surface area contributed by atoms with E-state index in [0.717, 1.165) is 6.42 Å². The van der Waals surface area contributed by atoms with Crippen molar-refractivity contribution in [3.8, 4) is 0 Å². The van der Waals surface area contributed by atoms with E-state index >= 15 is 0 Å². The first-order chi connectivity index (χ1) is 11.5. The lowest BCUT2D eigenvalue weighted by atomic mass is 10.1. The Balaban J connectivity index is 1.59. The summed E-state index contributed by atoms with van der Waals surface area (Å²) in [4.78, 5) is 12.6. The molecule has 2 aliphatic heterocycles. The van der Waals surface area contributed by atoms with E-state index in [9.17, 15) is 5.11 Å². The second-order valence-electron chi connectivity index (χ2n) is 7.15. The molecular formula is C15H19N5O4. The minimum Gasteiger partial charge on any atom is -0.396 e. The van der Waals surface area contributed by atoms with Gasteiger partial charge in [-0.3, -0.25) is 4.57 Å². The molecular weight excluding hydrogens is 314 g/mol. The van der Waals surface area contributed by atoms with Gasteiger partial charge in [0.05, 0.1) is 6.33 Å². The predicted octanol–water partition coefficient (Wildman–Crippen LogP) is 0.208. The molecule has 0 amide bonds. The zero-order valence-corrected chi connectivity index (χ0v) is 13.4. The van der Waals surface area contributed by atoms with Crippen LogP contribution in [0.25, 0.3) is 11.2 Å². The average molecular weight is 333 g/mol. The van der Waals surface area contributed by atoms with Crippen LogP contribution in [0.2, 0.25) is 0 Å². The zero-order valence-electron chi connectivity index (χ0n) is 13.4. The largest absolute Gasteiger partial charge is 0.396 e. The SMILES string of the molecule is CC1(C)OC2C(n3cnc4c(N)ncnc43)O[C@]3(CC3CO)C2O1. The third-order valence-electron chi connectivity index (χ3n) is 5.21. The summed E-state index contributed by atoms with van der Waals surface area (Å²) in [6, 6.07) is 0. The number of aliphatic hydroxyl groups excluding tert-OH is 1. The van der Waals surface area contributed by atoms with Crippen LogP contribution in [0, 0.1) is 5.92 Å². The molecule has 3 N–H and O–H groups in total. The van der Waals surface area contributed by atoms with Gasteiger partial charge in [-0.1, -0.05) is 0 Å². The predicted molar refractivity (Wildman–Crippen MR) is 81.6 cm³/mol. The van der Waals surface area contributed by atoms with Crippen LogP contribution in [-0.4, -0.2) is 54.8 Å². The van der Waals surface area contributed by atoms with Crippen LogP contribution >= 0.6 is 0 Å². The van der Waals surface area contributed by atoms with Gasteiger partial charge in [0, 0.05) is 12.5 Å². The minimum atomic E-state index is -0.697. The Bertz CT molecular complexity index is 823. The van der Waals surface area contributed by atoms with Crippen molar-refractivity contribution in [2.75, 3.05) is 12.3 Å². The first-order valence-corrected chi connectivity index (χ1v) is 8.02. The zero-order chi connectivity index (χ0) is 16.7. The summed E-state index contributed by atoms with van der Waals surface area (Å²) in [5.74, 6) is -0.314. The number of nitrogen functional groups attached to an aromatic ring is 1. The number of rotatable bonds is 2. The molecule has 1 saturated carbocycles. The van der Waals surface area contributed by atoms with E-state index < -0.39 is 17.6 Å². The number of anilines is 1. The van der Waals surface area contributed by atoms with E-state index in [-0.39, 0.29) is 24.7 Å². The molecule has 0 radical (unpaired) electrons. The molecule has 4 heterocycles. The third kappa shape index (κ3) is 1.75. The number of aliphatic hydroxyl groups is 1. The number of nitrogens with zero attached hydrogens (tertiary/aromatic N) is 4. The Morgan fingerprint density at radius 1 is 1.29 bits per heavy atom. The molecule has 0 bridgehead atoms. The Labute approximate surface area is 137 Å². The summed E-state index contributed by atoms with van der Waals surface area (Å²) in [7, 11) is 0. The van der Waals surface area contributed by atoms with Gasteiger partial charge in [0.2, 0.25) is 0 Å². The molecule has 4 unspecified atom stereocenters. The second kappa shape index (κ2) is 4.42. The molecule has 5 atom stereocenters. The summed E-state index contributed by atoms with van der Waals surface area (Å²) < 4.78 is 20.3. The number of fused-ring (bicyclic) bond motifs is 3. The van der Waals surface area contributed by atoms with Gasteiger partial charge in [0.25, 0.3) is 0 Å². The molecule has 2 aromatic heterocycles. The van der Waals surface area contributed by atoms with Crippen molar-refractivity contribution in [3.63, 3.8) is 0 Å². The van der Waals surface area contributed by atoms with E-state index in [1.165, 1.54) is 6.33 Å². The normalized spacial score (nSPS) is 39.6. The van der Waals surface area contributed by atoms with Crippen molar-refractivity contribution < 1.29 is 19.3 Å². The lowest BCUT2D eigenvalue weighted by molar-refractivity contribution is -0.204. The molecule has 0 aromatic carbocycles. The number of nitrogens with two attached hydrogens (primary N) is 1.